The van der Waals surface area contributed by atoms with Gasteiger partial charge in [0.15, 0.2) is 0 Å². The van der Waals surface area contributed by atoms with E-state index < -0.39 is 0 Å². The molecule has 170 valence electrons. The van der Waals surface area contributed by atoms with Crippen LogP contribution < -0.4 is 4.74 Å². The summed E-state index contributed by atoms with van der Waals surface area (Å²) >= 11 is 0. The Morgan fingerprint density at radius 2 is 1.81 bits per heavy atom. The Morgan fingerprint density at radius 3 is 2.53 bits per heavy atom. The maximum Gasteiger partial charge on any atom is 0.257 e. The maximum absolute atomic E-state index is 13.2. The van der Waals surface area contributed by atoms with Crippen LogP contribution in [0.3, 0.4) is 0 Å². The lowest BCUT2D eigenvalue weighted by molar-refractivity contribution is -0.135. The topological polar surface area (TPSA) is 78.9 Å². The van der Waals surface area contributed by atoms with Crippen LogP contribution in [0, 0.1) is 12.8 Å². The van der Waals surface area contributed by atoms with Gasteiger partial charge in [0.05, 0.1) is 11.3 Å². The van der Waals surface area contributed by atoms with Crippen molar-refractivity contribution in [2.45, 2.75) is 25.9 Å². The summed E-state index contributed by atoms with van der Waals surface area (Å²) < 4.78 is 6.29. The number of para-hydroxylation sites is 1. The van der Waals surface area contributed by atoms with Crippen LogP contribution in [0.1, 0.15) is 28.9 Å². The van der Waals surface area contributed by atoms with Gasteiger partial charge in [-0.3, -0.25) is 9.59 Å². The van der Waals surface area contributed by atoms with E-state index >= 15 is 0 Å². The molecule has 2 aliphatic heterocycles. The van der Waals surface area contributed by atoms with Gasteiger partial charge in [0, 0.05) is 64.2 Å². The molecule has 2 aliphatic rings. The minimum Gasteiger partial charge on any atom is -0.490 e. The Balaban J connectivity index is 1.48. The van der Waals surface area contributed by atoms with E-state index in [1.165, 1.54) is 6.33 Å². The summed E-state index contributed by atoms with van der Waals surface area (Å²) in [5.74, 6) is 0.767. The van der Waals surface area contributed by atoms with E-state index in [9.17, 15) is 9.59 Å². The molecule has 1 aromatic carbocycles. The normalized spacial score (nSPS) is 21.9. The van der Waals surface area contributed by atoms with Gasteiger partial charge in [0.1, 0.15) is 18.2 Å². The molecule has 0 saturated carbocycles. The van der Waals surface area contributed by atoms with Crippen LogP contribution in [0.5, 0.6) is 5.75 Å². The van der Waals surface area contributed by atoms with E-state index in [1.54, 1.807) is 6.20 Å². The van der Waals surface area contributed by atoms with Crippen molar-refractivity contribution < 1.29 is 14.3 Å². The van der Waals surface area contributed by atoms with Gasteiger partial charge in [-0.2, -0.15) is 0 Å². The SMILES string of the molecule is Cc1ncncc1C(=O)N1CC[C@H](Oc2ccccc2)[C@@H](CC(=O)N2CCN(C)CC2)C1. The fraction of sp³-hybridized carbons (Fsp3) is 0.500. The highest BCUT2D eigenvalue weighted by Gasteiger charge is 2.36. The van der Waals surface area contributed by atoms with Crippen LogP contribution >= 0.6 is 0 Å². The van der Waals surface area contributed by atoms with Gasteiger partial charge in [0.25, 0.3) is 5.91 Å². The number of amides is 2. The molecule has 0 bridgehead atoms. The van der Waals surface area contributed by atoms with Gasteiger partial charge in [-0.15, -0.1) is 0 Å². The van der Waals surface area contributed by atoms with Crippen LogP contribution in [-0.4, -0.2) is 88.9 Å². The third kappa shape index (κ3) is 5.24. The lowest BCUT2D eigenvalue weighted by Gasteiger charge is -2.40. The number of nitrogens with zero attached hydrogens (tertiary/aromatic N) is 5. The lowest BCUT2D eigenvalue weighted by Crippen LogP contribution is -2.51. The number of piperidine rings is 1. The predicted octanol–water partition coefficient (Wildman–Crippen LogP) is 1.86. The monoisotopic (exact) mass is 437 g/mol. The van der Waals surface area contributed by atoms with Gasteiger partial charge in [-0.05, 0) is 26.1 Å². The smallest absolute Gasteiger partial charge is 0.257 e. The van der Waals surface area contributed by atoms with E-state index in [2.05, 4.69) is 21.9 Å². The number of benzene rings is 1. The summed E-state index contributed by atoms with van der Waals surface area (Å²) in [6.45, 7) is 6.13. The Bertz CT molecular complexity index is 930. The molecule has 0 spiro atoms. The van der Waals surface area contributed by atoms with Crippen molar-refractivity contribution >= 4 is 11.8 Å². The number of carbonyl (C=O) groups excluding carboxylic acids is 2. The van der Waals surface area contributed by atoms with Crippen molar-refractivity contribution in [1.29, 1.82) is 0 Å². The zero-order chi connectivity index (χ0) is 22.5. The average molecular weight is 438 g/mol. The average Bonchev–Trinajstić information content (AvgIpc) is 2.81. The van der Waals surface area contributed by atoms with Crippen LogP contribution in [-0.2, 0) is 4.79 Å². The Morgan fingerprint density at radius 1 is 1.06 bits per heavy atom. The summed E-state index contributed by atoms with van der Waals surface area (Å²) in [7, 11) is 2.07. The summed E-state index contributed by atoms with van der Waals surface area (Å²) in [5, 5.41) is 0. The molecule has 4 rings (SSSR count). The predicted molar refractivity (Wildman–Crippen MR) is 120 cm³/mol. The quantitative estimate of drug-likeness (QED) is 0.711. The first-order chi connectivity index (χ1) is 15.5. The number of aromatic nitrogens is 2. The van der Waals surface area contributed by atoms with E-state index in [0.717, 1.165) is 31.9 Å². The molecule has 8 heteroatoms. The second-order valence-corrected chi connectivity index (χ2v) is 8.68. The number of carbonyl (C=O) groups is 2. The number of aryl methyl sites for hydroxylation is 1. The minimum absolute atomic E-state index is 0.0787. The second kappa shape index (κ2) is 10.1. The number of ether oxygens (including phenoxy) is 1. The second-order valence-electron chi connectivity index (χ2n) is 8.68. The molecule has 2 atom stereocenters. The molecule has 0 radical (unpaired) electrons. The number of hydrogen-bond acceptors (Lipinski definition) is 6. The van der Waals surface area contributed by atoms with Crippen LogP contribution in [0.4, 0.5) is 0 Å². The molecule has 3 heterocycles. The fourth-order valence-corrected chi connectivity index (χ4v) is 4.40. The van der Waals surface area contributed by atoms with E-state index in [1.807, 2.05) is 47.1 Å². The molecular formula is C24H31N5O3. The van der Waals surface area contributed by atoms with Gasteiger partial charge in [0.2, 0.25) is 5.91 Å². The summed E-state index contributed by atoms with van der Waals surface area (Å²) in [6, 6.07) is 9.70. The van der Waals surface area contributed by atoms with Gasteiger partial charge >= 0.3 is 0 Å². The van der Waals surface area contributed by atoms with Gasteiger partial charge in [-0.1, -0.05) is 18.2 Å². The van der Waals surface area contributed by atoms with Crippen molar-refractivity contribution in [3.05, 3.63) is 54.1 Å². The first kappa shape index (κ1) is 22.2. The zero-order valence-corrected chi connectivity index (χ0v) is 18.8. The maximum atomic E-state index is 13.2. The fourth-order valence-electron chi connectivity index (χ4n) is 4.40. The minimum atomic E-state index is -0.119. The number of likely N-dealkylation sites (tertiary alicyclic amines) is 1. The summed E-state index contributed by atoms with van der Waals surface area (Å²) in [4.78, 5) is 40.4. The molecule has 1 aromatic heterocycles. The van der Waals surface area contributed by atoms with E-state index in [0.29, 0.717) is 37.2 Å². The van der Waals surface area contributed by atoms with Gasteiger partial charge < -0.3 is 19.4 Å². The Kier molecular flexibility index (Phi) is 6.99. The molecule has 32 heavy (non-hydrogen) atoms. The highest BCUT2D eigenvalue weighted by Crippen LogP contribution is 2.27. The number of rotatable bonds is 5. The first-order valence-electron chi connectivity index (χ1n) is 11.2. The Hall–Kier alpha value is -3.00. The molecule has 8 nitrogen and oxygen atoms in total. The molecular weight excluding hydrogens is 406 g/mol. The lowest BCUT2D eigenvalue weighted by atomic mass is 9.90. The molecule has 2 fully saturated rings. The van der Waals surface area contributed by atoms with Crippen molar-refractivity contribution in [1.82, 2.24) is 24.7 Å². The van der Waals surface area contributed by atoms with E-state index in [4.69, 9.17) is 4.74 Å². The number of piperazine rings is 1. The number of hydrogen-bond donors (Lipinski definition) is 0. The zero-order valence-electron chi connectivity index (χ0n) is 18.8. The van der Waals surface area contributed by atoms with Crippen molar-refractivity contribution in [2.75, 3.05) is 46.3 Å². The molecule has 2 aromatic rings. The van der Waals surface area contributed by atoms with Crippen molar-refractivity contribution in [3.63, 3.8) is 0 Å². The third-order valence-corrected chi connectivity index (χ3v) is 6.42. The van der Waals surface area contributed by atoms with Crippen molar-refractivity contribution in [3.8, 4) is 5.75 Å². The van der Waals surface area contributed by atoms with Gasteiger partial charge in [-0.25, -0.2) is 9.97 Å². The standard InChI is InChI=1S/C24H31N5O3/c1-18-21(15-25-17-26-18)24(31)29-9-8-22(32-20-6-4-3-5-7-20)19(16-29)14-23(30)28-12-10-27(2)11-13-28/h3-7,15,17,19,22H,8-14,16H2,1-2H3/t19-,22-/m0/s1. The Labute approximate surface area is 189 Å². The molecule has 0 N–H and O–H groups in total. The largest absolute Gasteiger partial charge is 0.490 e. The molecule has 0 unspecified atom stereocenters. The summed E-state index contributed by atoms with van der Waals surface area (Å²) in [5.41, 5.74) is 1.18. The van der Waals surface area contributed by atoms with Crippen LogP contribution in [0.25, 0.3) is 0 Å². The highest BCUT2D eigenvalue weighted by molar-refractivity contribution is 5.95. The van der Waals surface area contributed by atoms with Crippen LogP contribution in [0.15, 0.2) is 42.9 Å². The molecule has 0 aliphatic carbocycles. The molecule has 2 saturated heterocycles. The first-order valence-corrected chi connectivity index (χ1v) is 11.2. The third-order valence-electron chi connectivity index (χ3n) is 6.42. The number of likely N-dealkylation sites (N-methyl/N-ethyl adjacent to an activating group) is 1. The molecule has 2 amide bonds. The van der Waals surface area contributed by atoms with E-state index in [-0.39, 0.29) is 23.8 Å². The van der Waals surface area contributed by atoms with Crippen LogP contribution in [0.2, 0.25) is 0 Å². The van der Waals surface area contributed by atoms with Crippen molar-refractivity contribution in [2.24, 2.45) is 5.92 Å². The highest BCUT2D eigenvalue weighted by atomic mass is 16.5. The summed E-state index contributed by atoms with van der Waals surface area (Å²) in [6.07, 6.45) is 3.94.